The predicted octanol–water partition coefficient (Wildman–Crippen LogP) is 1.97. The van der Waals surface area contributed by atoms with Crippen LogP contribution >= 0.6 is 34.8 Å². The predicted molar refractivity (Wildman–Crippen MR) is 79.1 cm³/mol. The molecule has 110 valence electrons. The number of carbonyl (C=O) groups excluding carboxylic acids is 2. The molecule has 10 heteroatoms. The maximum Gasteiger partial charge on any atom is 0.276 e. The fourth-order valence-electron chi connectivity index (χ4n) is 1.42. The quantitative estimate of drug-likeness (QED) is 0.830. The van der Waals surface area contributed by atoms with Crippen molar-refractivity contribution in [1.82, 2.24) is 14.9 Å². The molecular weight excluding hydrogens is 341 g/mol. The molecule has 2 aromatic rings. The fourth-order valence-corrected chi connectivity index (χ4v) is 1.56. The van der Waals surface area contributed by atoms with Gasteiger partial charge in [0.1, 0.15) is 12.7 Å². The summed E-state index contributed by atoms with van der Waals surface area (Å²) in [6.45, 7) is 0. The number of rotatable bonds is 3. The van der Waals surface area contributed by atoms with Crippen LogP contribution in [0.3, 0.4) is 0 Å². The number of hydrogen-bond donors (Lipinski definition) is 2. The highest BCUT2D eigenvalue weighted by molar-refractivity contribution is 6.76. The lowest BCUT2D eigenvalue weighted by Crippen LogP contribution is -2.29. The largest absolute Gasteiger partial charge is 0.322 e. The molecule has 0 radical (unpaired) electrons. The summed E-state index contributed by atoms with van der Waals surface area (Å²) < 4.78 is -0.867. The summed E-state index contributed by atoms with van der Waals surface area (Å²) in [5.74, 6) is -1.35. The maximum absolute atomic E-state index is 12.1. The first-order valence-electron chi connectivity index (χ1n) is 5.51. The molecule has 2 N–H and O–H groups in total. The molecule has 0 fully saturated rings. The van der Waals surface area contributed by atoms with Crippen LogP contribution in [0.1, 0.15) is 10.4 Å². The van der Waals surface area contributed by atoms with Crippen LogP contribution in [0, 0.1) is 0 Å². The number of nitrogens with one attached hydrogen (secondary N) is 2. The van der Waals surface area contributed by atoms with Gasteiger partial charge in [0.25, 0.3) is 15.6 Å². The minimum absolute atomic E-state index is 0.189. The lowest BCUT2D eigenvalue weighted by Gasteiger charge is -2.14. The van der Waals surface area contributed by atoms with Gasteiger partial charge in [-0.05, 0) is 12.1 Å². The molecule has 1 heterocycles. The van der Waals surface area contributed by atoms with Crippen molar-refractivity contribution in [2.45, 2.75) is 3.79 Å². The molecule has 0 saturated carbocycles. The van der Waals surface area contributed by atoms with Gasteiger partial charge >= 0.3 is 0 Å². The van der Waals surface area contributed by atoms with Crippen molar-refractivity contribution in [1.29, 1.82) is 0 Å². The molecular formula is C11H8Cl3N5O2. The Morgan fingerprint density at radius 3 is 2.33 bits per heavy atom. The van der Waals surface area contributed by atoms with Crippen LogP contribution in [0.5, 0.6) is 0 Å². The Morgan fingerprint density at radius 1 is 1.10 bits per heavy atom. The summed E-state index contributed by atoms with van der Waals surface area (Å²) in [5.41, 5.74) is 2.89. The zero-order valence-electron chi connectivity index (χ0n) is 10.3. The Labute approximate surface area is 134 Å². The third-order valence-corrected chi connectivity index (χ3v) is 2.84. The highest BCUT2D eigenvalue weighted by Gasteiger charge is 2.31. The monoisotopic (exact) mass is 347 g/mol. The lowest BCUT2D eigenvalue weighted by atomic mass is 10.1. The van der Waals surface area contributed by atoms with E-state index < -0.39 is 15.6 Å². The molecule has 21 heavy (non-hydrogen) atoms. The SMILES string of the molecule is O=C(Nn1cnnc1)c1ccccc1NC(=O)C(Cl)(Cl)Cl. The molecule has 1 aromatic heterocycles. The molecule has 0 saturated heterocycles. The van der Waals surface area contributed by atoms with Crippen LogP contribution in [0.25, 0.3) is 0 Å². The zero-order valence-corrected chi connectivity index (χ0v) is 12.5. The fraction of sp³-hybridized carbons (Fsp3) is 0.0909. The van der Waals surface area contributed by atoms with E-state index in [2.05, 4.69) is 20.9 Å². The summed E-state index contributed by atoms with van der Waals surface area (Å²) in [6, 6.07) is 6.28. The van der Waals surface area contributed by atoms with Gasteiger partial charge in [-0.2, -0.15) is 0 Å². The van der Waals surface area contributed by atoms with Crippen LogP contribution in [0.4, 0.5) is 5.69 Å². The van der Waals surface area contributed by atoms with Crippen molar-refractivity contribution in [2.75, 3.05) is 10.7 Å². The van der Waals surface area contributed by atoms with E-state index in [1.54, 1.807) is 12.1 Å². The van der Waals surface area contributed by atoms with Gasteiger partial charge < -0.3 is 5.32 Å². The minimum Gasteiger partial charge on any atom is -0.322 e. The molecule has 0 bridgehead atoms. The van der Waals surface area contributed by atoms with Gasteiger partial charge in [-0.3, -0.25) is 15.0 Å². The van der Waals surface area contributed by atoms with Crippen LogP contribution in [0.15, 0.2) is 36.9 Å². The van der Waals surface area contributed by atoms with Crippen molar-refractivity contribution in [2.24, 2.45) is 0 Å². The molecule has 7 nitrogen and oxygen atoms in total. The molecule has 0 aliphatic carbocycles. The third-order valence-electron chi connectivity index (χ3n) is 2.33. The Balaban J connectivity index is 2.20. The van der Waals surface area contributed by atoms with E-state index in [0.29, 0.717) is 0 Å². The summed E-state index contributed by atoms with van der Waals surface area (Å²) >= 11 is 16.4. The molecule has 2 amide bonds. The van der Waals surface area contributed by atoms with Crippen molar-refractivity contribution >= 4 is 52.3 Å². The highest BCUT2D eigenvalue weighted by atomic mass is 35.6. The first-order valence-corrected chi connectivity index (χ1v) is 6.64. The molecule has 1 aromatic carbocycles. The molecule has 2 rings (SSSR count). The van der Waals surface area contributed by atoms with Crippen LogP contribution < -0.4 is 10.7 Å². The van der Waals surface area contributed by atoms with E-state index in [-0.39, 0.29) is 11.3 Å². The molecule has 0 atom stereocenters. The van der Waals surface area contributed by atoms with E-state index in [1.165, 1.54) is 29.5 Å². The molecule has 0 unspecified atom stereocenters. The van der Waals surface area contributed by atoms with Crippen molar-refractivity contribution < 1.29 is 9.59 Å². The van der Waals surface area contributed by atoms with Gasteiger partial charge in [-0.1, -0.05) is 46.9 Å². The van der Waals surface area contributed by atoms with Gasteiger partial charge in [-0.25, -0.2) is 4.68 Å². The third kappa shape index (κ3) is 4.07. The van der Waals surface area contributed by atoms with Crippen LogP contribution in [-0.4, -0.2) is 30.5 Å². The summed E-state index contributed by atoms with van der Waals surface area (Å²) in [7, 11) is 0. The van der Waals surface area contributed by atoms with Gasteiger partial charge in [0.15, 0.2) is 0 Å². The number of carbonyl (C=O) groups is 2. The molecule has 0 spiro atoms. The lowest BCUT2D eigenvalue weighted by molar-refractivity contribution is -0.115. The summed E-state index contributed by atoms with van der Waals surface area (Å²) in [4.78, 5) is 23.8. The zero-order chi connectivity index (χ0) is 15.5. The Bertz CT molecular complexity index is 654. The Morgan fingerprint density at radius 2 is 1.71 bits per heavy atom. The smallest absolute Gasteiger partial charge is 0.276 e. The van der Waals surface area contributed by atoms with E-state index in [9.17, 15) is 9.59 Å². The first kappa shape index (κ1) is 15.6. The Kier molecular flexibility index (Phi) is 4.66. The number of nitrogens with zero attached hydrogens (tertiary/aromatic N) is 3. The second kappa shape index (κ2) is 6.30. The number of aromatic nitrogens is 3. The maximum atomic E-state index is 12.1. The van der Waals surface area contributed by atoms with Crippen LogP contribution in [0.2, 0.25) is 0 Å². The van der Waals surface area contributed by atoms with Crippen LogP contribution in [-0.2, 0) is 4.79 Å². The number of alkyl halides is 3. The highest BCUT2D eigenvalue weighted by Crippen LogP contribution is 2.28. The molecule has 0 aliphatic heterocycles. The number of amides is 2. The summed E-state index contributed by atoms with van der Waals surface area (Å²) in [5, 5.41) is 9.47. The summed E-state index contributed by atoms with van der Waals surface area (Å²) in [6.07, 6.45) is 2.61. The minimum atomic E-state index is -2.13. The van der Waals surface area contributed by atoms with Crippen molar-refractivity contribution in [3.8, 4) is 0 Å². The van der Waals surface area contributed by atoms with Crippen molar-refractivity contribution in [3.63, 3.8) is 0 Å². The van der Waals surface area contributed by atoms with Gasteiger partial charge in [0.05, 0.1) is 11.3 Å². The van der Waals surface area contributed by atoms with E-state index in [1.807, 2.05) is 0 Å². The van der Waals surface area contributed by atoms with E-state index in [0.717, 1.165) is 0 Å². The van der Waals surface area contributed by atoms with Gasteiger partial charge in [0, 0.05) is 0 Å². The Hall–Kier alpha value is -1.83. The molecule has 0 aliphatic rings. The number of halogens is 3. The van der Waals surface area contributed by atoms with Gasteiger partial charge in [-0.15, -0.1) is 10.2 Å². The van der Waals surface area contributed by atoms with E-state index in [4.69, 9.17) is 34.8 Å². The normalized spacial score (nSPS) is 11.0. The topological polar surface area (TPSA) is 88.9 Å². The average Bonchev–Trinajstić information content (AvgIpc) is 2.91. The van der Waals surface area contributed by atoms with E-state index >= 15 is 0 Å². The number of anilines is 1. The first-order chi connectivity index (χ1) is 9.88. The van der Waals surface area contributed by atoms with Crippen molar-refractivity contribution in [3.05, 3.63) is 42.5 Å². The second-order valence-corrected chi connectivity index (χ2v) is 6.09. The number of hydrogen-bond acceptors (Lipinski definition) is 4. The standard InChI is InChI=1S/C11H8Cl3N5O2/c12-11(13,14)10(21)17-8-4-2-1-3-7(8)9(20)18-19-5-15-16-6-19/h1-6H,(H,17,21)(H,18,20). The average molecular weight is 349 g/mol. The second-order valence-electron chi connectivity index (χ2n) is 3.81. The number of para-hydroxylation sites is 1. The van der Waals surface area contributed by atoms with Gasteiger partial charge in [0.2, 0.25) is 0 Å². The number of benzene rings is 1.